The molecule has 0 spiro atoms. The molecule has 0 unspecified atom stereocenters. The molecule has 1 aromatic heterocycles. The van der Waals surface area contributed by atoms with Crippen molar-refractivity contribution in [2.45, 2.75) is 12.8 Å². The number of aromatic nitrogens is 1. The number of carbonyl (C=O) groups excluding carboxylic acids is 1. The van der Waals surface area contributed by atoms with Crippen LogP contribution in [-0.2, 0) is 17.6 Å². The van der Waals surface area contributed by atoms with E-state index in [0.717, 1.165) is 5.01 Å². The molecule has 0 aliphatic heterocycles. The maximum absolute atomic E-state index is 11.7. The normalized spacial score (nSPS) is 10.2. The van der Waals surface area contributed by atoms with Crippen molar-refractivity contribution in [3.63, 3.8) is 0 Å². The zero-order valence-corrected chi connectivity index (χ0v) is 11.5. The van der Waals surface area contributed by atoms with E-state index in [4.69, 9.17) is 5.11 Å². The van der Waals surface area contributed by atoms with Gasteiger partial charge in [0.1, 0.15) is 0 Å². The first-order chi connectivity index (χ1) is 9.65. The largest absolute Gasteiger partial charge is 0.478 e. The van der Waals surface area contributed by atoms with Crippen molar-refractivity contribution in [1.29, 1.82) is 0 Å². The number of carboxylic acid groups (broad SMARTS) is 1. The van der Waals surface area contributed by atoms with Crippen molar-refractivity contribution >= 4 is 23.2 Å². The SMILES string of the molecule is O=C(Cc1cccc(C(=O)O)c1)NCCc1nccs1. The van der Waals surface area contributed by atoms with Crippen molar-refractivity contribution in [1.82, 2.24) is 10.3 Å². The molecule has 0 saturated carbocycles. The quantitative estimate of drug-likeness (QED) is 0.849. The second kappa shape index (κ2) is 6.81. The first-order valence-corrected chi connectivity index (χ1v) is 7.00. The highest BCUT2D eigenvalue weighted by Crippen LogP contribution is 2.06. The van der Waals surface area contributed by atoms with Crippen molar-refractivity contribution in [2.24, 2.45) is 0 Å². The fourth-order valence-electron chi connectivity index (χ4n) is 1.75. The monoisotopic (exact) mass is 290 g/mol. The van der Waals surface area contributed by atoms with Gasteiger partial charge in [0.2, 0.25) is 5.91 Å². The van der Waals surface area contributed by atoms with Crippen molar-refractivity contribution in [3.05, 3.63) is 52.0 Å². The molecule has 1 aromatic carbocycles. The van der Waals surface area contributed by atoms with Crippen LogP contribution in [0.25, 0.3) is 0 Å². The van der Waals surface area contributed by atoms with E-state index in [0.29, 0.717) is 18.5 Å². The standard InChI is InChI=1S/C14H14N2O3S/c17-12(15-5-4-13-16-6-7-20-13)9-10-2-1-3-11(8-10)14(18)19/h1-3,6-8H,4-5,9H2,(H,15,17)(H,18,19). The van der Waals surface area contributed by atoms with Crippen LogP contribution in [0, 0.1) is 0 Å². The molecule has 5 nitrogen and oxygen atoms in total. The molecule has 2 N–H and O–H groups in total. The summed E-state index contributed by atoms with van der Waals surface area (Å²) in [6.07, 6.45) is 2.62. The molecule has 0 fully saturated rings. The minimum Gasteiger partial charge on any atom is -0.478 e. The predicted octanol–water partition coefficient (Wildman–Crippen LogP) is 1.74. The Morgan fingerprint density at radius 3 is 2.90 bits per heavy atom. The summed E-state index contributed by atoms with van der Waals surface area (Å²) in [4.78, 5) is 26.7. The molecule has 2 aromatic rings. The number of benzene rings is 1. The second-order valence-corrected chi connectivity index (χ2v) is 5.19. The lowest BCUT2D eigenvalue weighted by molar-refractivity contribution is -0.120. The van der Waals surface area contributed by atoms with Crippen LogP contribution in [0.5, 0.6) is 0 Å². The van der Waals surface area contributed by atoms with Gasteiger partial charge in [-0.15, -0.1) is 11.3 Å². The zero-order chi connectivity index (χ0) is 14.4. The number of carboxylic acids is 1. The Kier molecular flexibility index (Phi) is 4.84. The van der Waals surface area contributed by atoms with E-state index < -0.39 is 5.97 Å². The van der Waals surface area contributed by atoms with Crippen LogP contribution in [0.1, 0.15) is 20.9 Å². The molecule has 1 heterocycles. The number of amides is 1. The molecule has 0 atom stereocenters. The number of nitrogens with zero attached hydrogens (tertiary/aromatic N) is 1. The van der Waals surface area contributed by atoms with Crippen LogP contribution in [0.15, 0.2) is 35.8 Å². The van der Waals surface area contributed by atoms with E-state index >= 15 is 0 Å². The van der Waals surface area contributed by atoms with Gasteiger partial charge >= 0.3 is 5.97 Å². The minimum atomic E-state index is -0.990. The molecule has 0 radical (unpaired) electrons. The van der Waals surface area contributed by atoms with Crippen LogP contribution in [0.4, 0.5) is 0 Å². The Bertz CT molecular complexity index is 596. The van der Waals surface area contributed by atoms with Crippen molar-refractivity contribution in [2.75, 3.05) is 6.54 Å². The van der Waals surface area contributed by atoms with E-state index in [1.165, 1.54) is 12.1 Å². The topological polar surface area (TPSA) is 79.3 Å². The Morgan fingerprint density at radius 1 is 1.35 bits per heavy atom. The number of nitrogens with one attached hydrogen (secondary N) is 1. The number of carbonyl (C=O) groups is 2. The smallest absolute Gasteiger partial charge is 0.335 e. The Morgan fingerprint density at radius 2 is 2.20 bits per heavy atom. The lowest BCUT2D eigenvalue weighted by Gasteiger charge is -2.05. The molecule has 2 rings (SSSR count). The number of rotatable bonds is 6. The lowest BCUT2D eigenvalue weighted by Crippen LogP contribution is -2.27. The summed E-state index contributed by atoms with van der Waals surface area (Å²) in [5.41, 5.74) is 0.884. The number of hydrogen-bond acceptors (Lipinski definition) is 4. The third-order valence-corrected chi connectivity index (χ3v) is 3.52. The highest BCUT2D eigenvalue weighted by molar-refractivity contribution is 7.09. The summed E-state index contributed by atoms with van der Waals surface area (Å²) >= 11 is 1.56. The van der Waals surface area contributed by atoms with Gasteiger partial charge in [0, 0.05) is 24.5 Å². The molecule has 0 bridgehead atoms. The maximum Gasteiger partial charge on any atom is 0.335 e. The van der Waals surface area contributed by atoms with E-state index in [1.54, 1.807) is 29.7 Å². The Labute approximate surface area is 120 Å². The molecule has 0 aliphatic rings. The van der Waals surface area contributed by atoms with Crippen LogP contribution < -0.4 is 5.32 Å². The summed E-state index contributed by atoms with van der Waals surface area (Å²) in [5.74, 6) is -1.11. The lowest BCUT2D eigenvalue weighted by atomic mass is 10.1. The van der Waals surface area contributed by atoms with Gasteiger partial charge in [-0.1, -0.05) is 12.1 Å². The molecular weight excluding hydrogens is 276 g/mol. The summed E-state index contributed by atoms with van der Waals surface area (Å²) in [6.45, 7) is 0.533. The fraction of sp³-hybridized carbons (Fsp3) is 0.214. The van der Waals surface area contributed by atoms with E-state index in [9.17, 15) is 9.59 Å². The van der Waals surface area contributed by atoms with Crippen molar-refractivity contribution < 1.29 is 14.7 Å². The first-order valence-electron chi connectivity index (χ1n) is 6.12. The molecule has 104 valence electrons. The summed E-state index contributed by atoms with van der Waals surface area (Å²) < 4.78 is 0. The van der Waals surface area contributed by atoms with Crippen LogP contribution in [-0.4, -0.2) is 28.5 Å². The maximum atomic E-state index is 11.7. The number of thiazole rings is 1. The molecule has 0 aliphatic carbocycles. The fourth-order valence-corrected chi connectivity index (χ4v) is 2.37. The summed E-state index contributed by atoms with van der Waals surface area (Å²) in [5, 5.41) is 14.6. The Balaban J connectivity index is 1.82. The first kappa shape index (κ1) is 14.2. The van der Waals surface area contributed by atoms with Gasteiger partial charge in [0.15, 0.2) is 0 Å². The third kappa shape index (κ3) is 4.17. The van der Waals surface area contributed by atoms with E-state index in [2.05, 4.69) is 10.3 Å². The molecule has 20 heavy (non-hydrogen) atoms. The highest BCUT2D eigenvalue weighted by atomic mass is 32.1. The average molecular weight is 290 g/mol. The zero-order valence-electron chi connectivity index (χ0n) is 10.7. The van der Waals surface area contributed by atoms with E-state index in [-0.39, 0.29) is 17.9 Å². The van der Waals surface area contributed by atoms with Gasteiger partial charge in [0.05, 0.1) is 17.0 Å². The third-order valence-electron chi connectivity index (χ3n) is 2.68. The van der Waals surface area contributed by atoms with Gasteiger partial charge in [-0.3, -0.25) is 4.79 Å². The highest BCUT2D eigenvalue weighted by Gasteiger charge is 2.07. The Hall–Kier alpha value is -2.21. The van der Waals surface area contributed by atoms with Crippen LogP contribution in [0.2, 0.25) is 0 Å². The van der Waals surface area contributed by atoms with Gasteiger partial charge < -0.3 is 10.4 Å². The van der Waals surface area contributed by atoms with Crippen LogP contribution >= 0.6 is 11.3 Å². The van der Waals surface area contributed by atoms with Crippen molar-refractivity contribution in [3.8, 4) is 0 Å². The summed E-state index contributed by atoms with van der Waals surface area (Å²) in [7, 11) is 0. The molecule has 6 heteroatoms. The van der Waals surface area contributed by atoms with Gasteiger partial charge in [0.25, 0.3) is 0 Å². The van der Waals surface area contributed by atoms with Gasteiger partial charge in [-0.25, -0.2) is 9.78 Å². The number of hydrogen-bond donors (Lipinski definition) is 2. The average Bonchev–Trinajstić information content (AvgIpc) is 2.92. The number of aromatic carboxylic acids is 1. The van der Waals surface area contributed by atoms with Gasteiger partial charge in [-0.05, 0) is 17.7 Å². The minimum absolute atomic E-state index is 0.121. The summed E-state index contributed by atoms with van der Waals surface area (Å²) in [6, 6.07) is 6.41. The predicted molar refractivity (Wildman–Crippen MR) is 75.9 cm³/mol. The van der Waals surface area contributed by atoms with Gasteiger partial charge in [-0.2, -0.15) is 0 Å². The molecule has 1 amide bonds. The molecular formula is C14H14N2O3S. The second-order valence-electron chi connectivity index (χ2n) is 4.21. The molecule has 0 saturated heterocycles. The van der Waals surface area contributed by atoms with E-state index in [1.807, 2.05) is 5.38 Å². The van der Waals surface area contributed by atoms with Crippen LogP contribution in [0.3, 0.4) is 0 Å².